The zero-order valence-corrected chi connectivity index (χ0v) is 17.2. The lowest BCUT2D eigenvalue weighted by Crippen LogP contribution is -2.15. The molecule has 0 unspecified atom stereocenters. The maximum absolute atomic E-state index is 13.2. The number of nitrogens with zero attached hydrogens (tertiary/aromatic N) is 1. The predicted octanol–water partition coefficient (Wildman–Crippen LogP) is 6.53. The molecule has 0 aliphatic carbocycles. The molecule has 3 aromatic carbocycles. The largest absolute Gasteiger partial charge is 0.322 e. The molecule has 4 rings (SSSR count). The van der Waals surface area contributed by atoms with Crippen LogP contribution in [-0.2, 0) is 0 Å². The third-order valence-electron chi connectivity index (χ3n) is 4.77. The fourth-order valence-corrected chi connectivity index (χ4v) is 3.75. The molecule has 0 fully saturated rings. The summed E-state index contributed by atoms with van der Waals surface area (Å²) >= 11 is 3.45. The number of hydrogen-bond donors (Lipinski definition) is 1. The molecule has 1 heterocycles. The molecule has 0 saturated heterocycles. The highest BCUT2D eigenvalue weighted by molar-refractivity contribution is 9.10. The highest BCUT2D eigenvalue weighted by Gasteiger charge is 2.19. The molecule has 0 spiro atoms. The van der Waals surface area contributed by atoms with Gasteiger partial charge in [-0.15, -0.1) is 0 Å². The highest BCUT2D eigenvalue weighted by atomic mass is 79.9. The van der Waals surface area contributed by atoms with Crippen LogP contribution in [0.15, 0.2) is 77.3 Å². The van der Waals surface area contributed by atoms with E-state index in [9.17, 15) is 4.79 Å². The number of carbonyl (C=O) groups is 1. The van der Waals surface area contributed by atoms with Crippen LogP contribution in [0.5, 0.6) is 0 Å². The van der Waals surface area contributed by atoms with Crippen LogP contribution in [0.25, 0.3) is 22.2 Å². The number of benzene rings is 3. The van der Waals surface area contributed by atoms with Crippen molar-refractivity contribution in [3.63, 3.8) is 0 Å². The summed E-state index contributed by atoms with van der Waals surface area (Å²) < 4.78 is 0.918. The van der Waals surface area contributed by atoms with Gasteiger partial charge in [0.2, 0.25) is 0 Å². The molecule has 0 aliphatic heterocycles. The number of aromatic nitrogens is 1. The predicted molar refractivity (Wildman–Crippen MR) is 119 cm³/mol. The van der Waals surface area contributed by atoms with E-state index >= 15 is 0 Å². The number of pyridine rings is 1. The summed E-state index contributed by atoms with van der Waals surface area (Å²) in [4.78, 5) is 18.1. The van der Waals surface area contributed by atoms with Gasteiger partial charge in [0.25, 0.3) is 5.91 Å². The number of rotatable bonds is 3. The number of hydrogen-bond acceptors (Lipinski definition) is 2. The first-order valence-electron chi connectivity index (χ1n) is 9.06. The number of aryl methyl sites for hydroxylation is 1. The van der Waals surface area contributed by atoms with Crippen LogP contribution < -0.4 is 5.32 Å². The van der Waals surface area contributed by atoms with Crippen molar-refractivity contribution in [2.75, 3.05) is 5.32 Å². The number of nitrogens with one attached hydrogen (secondary N) is 1. The maximum atomic E-state index is 13.2. The summed E-state index contributed by atoms with van der Waals surface area (Å²) in [5, 5.41) is 3.87. The lowest BCUT2D eigenvalue weighted by atomic mass is 9.96. The van der Waals surface area contributed by atoms with Crippen LogP contribution in [0.1, 0.15) is 21.5 Å². The standard InChI is InChI=1S/C24H19BrN2O/c1-15-10-12-17(13-11-15)23-16(2)22(20-8-3-4-9-21(20)27-23)24(28)26-19-7-5-6-18(25)14-19/h3-14H,1-2H3,(H,26,28). The summed E-state index contributed by atoms with van der Waals surface area (Å²) in [7, 11) is 0. The smallest absolute Gasteiger partial charge is 0.256 e. The average molecular weight is 431 g/mol. The molecule has 1 amide bonds. The monoisotopic (exact) mass is 430 g/mol. The van der Waals surface area contributed by atoms with Gasteiger partial charge in [-0.25, -0.2) is 4.98 Å². The molecule has 0 radical (unpaired) electrons. The van der Waals surface area contributed by atoms with Gasteiger partial charge in [-0.05, 0) is 43.7 Å². The Kier molecular flexibility index (Phi) is 4.97. The molecule has 4 aromatic rings. The van der Waals surface area contributed by atoms with E-state index in [0.29, 0.717) is 5.56 Å². The van der Waals surface area contributed by atoms with Crippen LogP contribution in [0.3, 0.4) is 0 Å². The molecule has 0 atom stereocenters. The quantitative estimate of drug-likeness (QED) is 0.401. The van der Waals surface area contributed by atoms with Crippen molar-refractivity contribution in [1.82, 2.24) is 4.98 Å². The molecule has 1 N–H and O–H groups in total. The van der Waals surface area contributed by atoms with Gasteiger partial charge in [-0.2, -0.15) is 0 Å². The lowest BCUT2D eigenvalue weighted by molar-refractivity contribution is 0.102. The van der Waals surface area contributed by atoms with Crippen LogP contribution in [-0.4, -0.2) is 10.9 Å². The molecule has 0 aliphatic rings. The zero-order chi connectivity index (χ0) is 19.7. The van der Waals surface area contributed by atoms with E-state index < -0.39 is 0 Å². The normalized spacial score (nSPS) is 10.8. The Morgan fingerprint density at radius 1 is 0.929 bits per heavy atom. The Morgan fingerprint density at radius 2 is 1.68 bits per heavy atom. The van der Waals surface area contributed by atoms with Crippen LogP contribution in [0, 0.1) is 13.8 Å². The number of fused-ring (bicyclic) bond motifs is 1. The SMILES string of the molecule is Cc1ccc(-c2nc3ccccc3c(C(=O)Nc3cccc(Br)c3)c2C)cc1. The van der Waals surface area contributed by atoms with Gasteiger partial charge < -0.3 is 5.32 Å². The second kappa shape index (κ2) is 7.56. The van der Waals surface area contributed by atoms with Gasteiger partial charge in [-0.3, -0.25) is 4.79 Å². The van der Waals surface area contributed by atoms with Crippen molar-refractivity contribution in [3.8, 4) is 11.3 Å². The maximum Gasteiger partial charge on any atom is 0.256 e. The summed E-state index contributed by atoms with van der Waals surface area (Å²) in [6.45, 7) is 4.02. The molecule has 3 nitrogen and oxygen atoms in total. The van der Waals surface area contributed by atoms with E-state index in [2.05, 4.69) is 52.4 Å². The van der Waals surface area contributed by atoms with Gasteiger partial charge in [0, 0.05) is 21.1 Å². The molecule has 28 heavy (non-hydrogen) atoms. The minimum atomic E-state index is -0.137. The van der Waals surface area contributed by atoms with Crippen molar-refractivity contribution < 1.29 is 4.79 Å². The lowest BCUT2D eigenvalue weighted by Gasteiger charge is -2.15. The fourth-order valence-electron chi connectivity index (χ4n) is 3.35. The summed E-state index contributed by atoms with van der Waals surface area (Å²) in [5.74, 6) is -0.137. The fraction of sp³-hybridized carbons (Fsp3) is 0.0833. The number of para-hydroxylation sites is 1. The number of amides is 1. The first-order valence-corrected chi connectivity index (χ1v) is 9.85. The van der Waals surface area contributed by atoms with Crippen LogP contribution >= 0.6 is 15.9 Å². The van der Waals surface area contributed by atoms with E-state index in [1.54, 1.807) is 0 Å². The first kappa shape index (κ1) is 18.4. The third kappa shape index (κ3) is 3.56. The number of anilines is 1. The summed E-state index contributed by atoms with van der Waals surface area (Å²) in [6.07, 6.45) is 0. The molecule has 4 heteroatoms. The Bertz CT molecular complexity index is 1180. The Morgan fingerprint density at radius 3 is 2.43 bits per heavy atom. The molecular weight excluding hydrogens is 412 g/mol. The minimum Gasteiger partial charge on any atom is -0.322 e. The third-order valence-corrected chi connectivity index (χ3v) is 5.26. The van der Waals surface area contributed by atoms with E-state index in [1.807, 2.05) is 55.5 Å². The van der Waals surface area contributed by atoms with Crippen molar-refractivity contribution in [2.24, 2.45) is 0 Å². The number of carbonyl (C=O) groups excluding carboxylic acids is 1. The van der Waals surface area contributed by atoms with Crippen molar-refractivity contribution >= 4 is 38.4 Å². The first-order chi connectivity index (χ1) is 13.5. The van der Waals surface area contributed by atoms with Gasteiger partial charge in [0.05, 0.1) is 16.8 Å². The second-order valence-corrected chi connectivity index (χ2v) is 7.72. The van der Waals surface area contributed by atoms with E-state index in [1.165, 1.54) is 5.56 Å². The van der Waals surface area contributed by atoms with Crippen molar-refractivity contribution in [3.05, 3.63) is 94.0 Å². The van der Waals surface area contributed by atoms with E-state index in [4.69, 9.17) is 4.98 Å². The molecule has 1 aromatic heterocycles. The second-order valence-electron chi connectivity index (χ2n) is 6.81. The Balaban J connectivity index is 1.87. The van der Waals surface area contributed by atoms with E-state index in [0.717, 1.165) is 37.9 Å². The van der Waals surface area contributed by atoms with Crippen LogP contribution in [0.2, 0.25) is 0 Å². The molecule has 0 saturated carbocycles. The van der Waals surface area contributed by atoms with E-state index in [-0.39, 0.29) is 5.91 Å². The number of halogens is 1. The van der Waals surface area contributed by atoms with Gasteiger partial charge in [0.1, 0.15) is 0 Å². The van der Waals surface area contributed by atoms with Crippen molar-refractivity contribution in [1.29, 1.82) is 0 Å². The Hall–Kier alpha value is -2.98. The highest BCUT2D eigenvalue weighted by Crippen LogP contribution is 2.30. The summed E-state index contributed by atoms with van der Waals surface area (Å²) in [6, 6.07) is 23.6. The zero-order valence-electron chi connectivity index (χ0n) is 15.7. The van der Waals surface area contributed by atoms with Gasteiger partial charge in [-0.1, -0.05) is 70.0 Å². The summed E-state index contributed by atoms with van der Waals surface area (Å²) in [5.41, 5.74) is 6.11. The van der Waals surface area contributed by atoms with Crippen LogP contribution in [0.4, 0.5) is 5.69 Å². The van der Waals surface area contributed by atoms with Crippen molar-refractivity contribution in [2.45, 2.75) is 13.8 Å². The molecule has 138 valence electrons. The van der Waals surface area contributed by atoms with Gasteiger partial charge >= 0.3 is 0 Å². The van der Waals surface area contributed by atoms with Gasteiger partial charge in [0.15, 0.2) is 0 Å². The average Bonchev–Trinajstić information content (AvgIpc) is 2.68. The topological polar surface area (TPSA) is 42.0 Å². The molecular formula is C24H19BrN2O. The minimum absolute atomic E-state index is 0.137. The Labute approximate surface area is 172 Å². The molecule has 0 bridgehead atoms.